The van der Waals surface area contributed by atoms with E-state index >= 15 is 0 Å². The summed E-state index contributed by atoms with van der Waals surface area (Å²) < 4.78 is 18.7. The topological polar surface area (TPSA) is 66.2 Å². The lowest BCUT2D eigenvalue weighted by atomic mass is 10.2. The Balaban J connectivity index is 1.84. The number of benzene rings is 2. The maximum absolute atomic E-state index is 13.7. The monoisotopic (exact) mass is 371 g/mol. The zero-order chi connectivity index (χ0) is 18.5. The van der Waals surface area contributed by atoms with Crippen LogP contribution in [0.2, 0.25) is 0 Å². The SMILES string of the molecule is CCOC(=O)c1[nH]c2ccc(F)cc2c1NC(=S)NCc1ccccc1. The maximum Gasteiger partial charge on any atom is 0.356 e. The van der Waals surface area contributed by atoms with E-state index < -0.39 is 11.8 Å². The van der Waals surface area contributed by atoms with E-state index in [1.165, 1.54) is 12.1 Å². The number of anilines is 1. The molecular formula is C19H18FN3O2S. The predicted octanol–water partition coefficient (Wildman–Crippen LogP) is 3.97. The third-order valence-corrected chi connectivity index (χ3v) is 4.02. The molecule has 0 atom stereocenters. The van der Waals surface area contributed by atoms with Gasteiger partial charge in [-0.15, -0.1) is 0 Å². The smallest absolute Gasteiger partial charge is 0.356 e. The number of ether oxygens (including phenoxy) is 1. The number of hydrogen-bond donors (Lipinski definition) is 3. The number of esters is 1. The molecule has 0 saturated carbocycles. The van der Waals surface area contributed by atoms with Crippen LogP contribution in [-0.4, -0.2) is 22.7 Å². The minimum Gasteiger partial charge on any atom is -0.461 e. The van der Waals surface area contributed by atoms with Gasteiger partial charge < -0.3 is 20.4 Å². The van der Waals surface area contributed by atoms with Crippen LogP contribution in [-0.2, 0) is 11.3 Å². The zero-order valence-corrected chi connectivity index (χ0v) is 15.0. The Bertz CT molecular complexity index is 941. The summed E-state index contributed by atoms with van der Waals surface area (Å²) in [4.78, 5) is 15.2. The number of carbonyl (C=O) groups is 1. The van der Waals surface area contributed by atoms with Gasteiger partial charge in [-0.25, -0.2) is 9.18 Å². The normalized spacial score (nSPS) is 10.5. The molecule has 1 heterocycles. The van der Waals surface area contributed by atoms with Gasteiger partial charge in [0.15, 0.2) is 5.11 Å². The van der Waals surface area contributed by atoms with Gasteiger partial charge in [-0.1, -0.05) is 30.3 Å². The number of halogens is 1. The molecule has 0 aliphatic heterocycles. The third kappa shape index (κ3) is 4.00. The van der Waals surface area contributed by atoms with E-state index in [1.54, 1.807) is 13.0 Å². The lowest BCUT2D eigenvalue weighted by Gasteiger charge is -2.11. The number of aromatic amines is 1. The van der Waals surface area contributed by atoms with Crippen molar-refractivity contribution < 1.29 is 13.9 Å². The molecule has 3 N–H and O–H groups in total. The van der Waals surface area contributed by atoms with Crippen molar-refractivity contribution >= 4 is 39.9 Å². The standard InChI is InChI=1S/C19H18FN3O2S/c1-2-25-18(24)17-16(14-10-13(20)8-9-15(14)22-17)23-19(26)21-11-12-6-4-3-5-7-12/h3-10,22H,2,11H2,1H3,(H2,21,23,26). The van der Waals surface area contributed by atoms with Crippen molar-refractivity contribution in [2.45, 2.75) is 13.5 Å². The number of hydrogen-bond acceptors (Lipinski definition) is 3. The molecule has 0 radical (unpaired) electrons. The highest BCUT2D eigenvalue weighted by atomic mass is 32.1. The molecule has 0 saturated heterocycles. The van der Waals surface area contributed by atoms with Gasteiger partial charge in [-0.3, -0.25) is 0 Å². The number of thiocarbonyl (C=S) groups is 1. The van der Waals surface area contributed by atoms with Gasteiger partial charge >= 0.3 is 5.97 Å². The first-order chi connectivity index (χ1) is 12.6. The Hall–Kier alpha value is -2.93. The predicted molar refractivity (Wildman–Crippen MR) is 104 cm³/mol. The van der Waals surface area contributed by atoms with Crippen molar-refractivity contribution in [3.8, 4) is 0 Å². The Morgan fingerprint density at radius 3 is 2.73 bits per heavy atom. The van der Waals surface area contributed by atoms with Gasteiger partial charge in [0.2, 0.25) is 0 Å². The van der Waals surface area contributed by atoms with E-state index in [0.29, 0.717) is 28.2 Å². The van der Waals surface area contributed by atoms with E-state index in [1.807, 2.05) is 30.3 Å². The summed E-state index contributed by atoms with van der Waals surface area (Å²) in [6.45, 7) is 2.48. The van der Waals surface area contributed by atoms with Crippen LogP contribution in [0.3, 0.4) is 0 Å². The first kappa shape index (κ1) is 17.9. The van der Waals surface area contributed by atoms with Crippen molar-refractivity contribution in [1.29, 1.82) is 0 Å². The van der Waals surface area contributed by atoms with Gasteiger partial charge in [-0.2, -0.15) is 0 Å². The second kappa shape index (κ2) is 7.97. The van der Waals surface area contributed by atoms with Crippen molar-refractivity contribution in [2.24, 2.45) is 0 Å². The van der Waals surface area contributed by atoms with Crippen LogP contribution in [0.15, 0.2) is 48.5 Å². The van der Waals surface area contributed by atoms with Crippen molar-refractivity contribution in [3.63, 3.8) is 0 Å². The highest BCUT2D eigenvalue weighted by molar-refractivity contribution is 7.80. The average molecular weight is 371 g/mol. The van der Waals surface area contributed by atoms with Crippen molar-refractivity contribution in [3.05, 3.63) is 65.6 Å². The highest BCUT2D eigenvalue weighted by Crippen LogP contribution is 2.29. The van der Waals surface area contributed by atoms with E-state index in [9.17, 15) is 9.18 Å². The van der Waals surface area contributed by atoms with Crippen LogP contribution < -0.4 is 10.6 Å². The fraction of sp³-hybridized carbons (Fsp3) is 0.158. The summed E-state index contributed by atoms with van der Waals surface area (Å²) in [5.41, 5.74) is 2.27. The number of rotatable bonds is 5. The molecule has 5 nitrogen and oxygen atoms in total. The Kier molecular flexibility index (Phi) is 5.48. The van der Waals surface area contributed by atoms with E-state index in [2.05, 4.69) is 15.6 Å². The molecule has 3 rings (SSSR count). The molecule has 7 heteroatoms. The minimum absolute atomic E-state index is 0.205. The molecule has 0 aliphatic rings. The van der Waals surface area contributed by atoms with Gasteiger partial charge in [-0.05, 0) is 42.9 Å². The van der Waals surface area contributed by atoms with Gasteiger partial charge in [0.1, 0.15) is 11.5 Å². The molecule has 134 valence electrons. The highest BCUT2D eigenvalue weighted by Gasteiger charge is 2.20. The average Bonchev–Trinajstić information content (AvgIpc) is 2.99. The van der Waals surface area contributed by atoms with Crippen LogP contribution in [0.1, 0.15) is 23.0 Å². The Labute approximate surface area is 155 Å². The van der Waals surface area contributed by atoms with Crippen molar-refractivity contribution in [1.82, 2.24) is 10.3 Å². The van der Waals surface area contributed by atoms with Crippen LogP contribution in [0.4, 0.5) is 10.1 Å². The lowest BCUT2D eigenvalue weighted by Crippen LogP contribution is -2.28. The van der Waals surface area contributed by atoms with Crippen LogP contribution in [0, 0.1) is 5.82 Å². The van der Waals surface area contributed by atoms with E-state index in [4.69, 9.17) is 17.0 Å². The first-order valence-corrected chi connectivity index (χ1v) is 8.56. The molecule has 0 fully saturated rings. The number of nitrogens with one attached hydrogen (secondary N) is 3. The molecule has 0 aliphatic carbocycles. The summed E-state index contributed by atoms with van der Waals surface area (Å²) in [6, 6.07) is 14.0. The number of aromatic nitrogens is 1. The second-order valence-electron chi connectivity index (χ2n) is 5.58. The summed E-state index contributed by atoms with van der Waals surface area (Å²) >= 11 is 5.33. The van der Waals surface area contributed by atoms with E-state index in [0.717, 1.165) is 5.56 Å². The molecule has 2 aromatic carbocycles. The molecule has 0 unspecified atom stereocenters. The minimum atomic E-state index is -0.530. The van der Waals surface area contributed by atoms with E-state index in [-0.39, 0.29) is 12.3 Å². The summed E-state index contributed by atoms with van der Waals surface area (Å²) in [5, 5.41) is 6.92. The van der Waals surface area contributed by atoms with Gasteiger partial charge in [0.05, 0.1) is 12.3 Å². The molecule has 1 aromatic heterocycles. The van der Waals surface area contributed by atoms with Crippen LogP contribution >= 0.6 is 12.2 Å². The fourth-order valence-corrected chi connectivity index (χ4v) is 2.76. The largest absolute Gasteiger partial charge is 0.461 e. The molecule has 0 bridgehead atoms. The maximum atomic E-state index is 13.7. The zero-order valence-electron chi connectivity index (χ0n) is 14.1. The summed E-state index contributed by atoms with van der Waals surface area (Å²) in [6.07, 6.45) is 0. The quantitative estimate of drug-likeness (QED) is 0.468. The van der Waals surface area contributed by atoms with Gasteiger partial charge in [0, 0.05) is 17.4 Å². The molecule has 0 spiro atoms. The second-order valence-corrected chi connectivity index (χ2v) is 5.99. The number of H-pyrrole nitrogens is 1. The third-order valence-electron chi connectivity index (χ3n) is 3.77. The molecule has 3 aromatic rings. The molecule has 0 amide bonds. The molecular weight excluding hydrogens is 353 g/mol. The number of fused-ring (bicyclic) bond motifs is 1. The fourth-order valence-electron chi connectivity index (χ4n) is 2.59. The van der Waals surface area contributed by atoms with Crippen LogP contribution in [0.25, 0.3) is 10.9 Å². The summed E-state index contributed by atoms with van der Waals surface area (Å²) in [7, 11) is 0. The Morgan fingerprint density at radius 1 is 1.23 bits per heavy atom. The number of carbonyl (C=O) groups excluding carboxylic acids is 1. The van der Waals surface area contributed by atoms with Crippen molar-refractivity contribution in [2.75, 3.05) is 11.9 Å². The van der Waals surface area contributed by atoms with Gasteiger partial charge in [0.25, 0.3) is 0 Å². The lowest BCUT2D eigenvalue weighted by molar-refractivity contribution is 0.0522. The summed E-state index contributed by atoms with van der Waals surface area (Å²) in [5.74, 6) is -0.935. The Morgan fingerprint density at radius 2 is 2.00 bits per heavy atom. The van der Waals surface area contributed by atoms with Crippen LogP contribution in [0.5, 0.6) is 0 Å². The molecule has 26 heavy (non-hydrogen) atoms. The first-order valence-electron chi connectivity index (χ1n) is 8.15.